The van der Waals surface area contributed by atoms with Gasteiger partial charge in [0.05, 0.1) is 15.7 Å². The number of Topliss-reactive ketones (excluding diaryl/α,β-unsaturated/α-hetero) is 1. The van der Waals surface area contributed by atoms with Crippen LogP contribution in [-0.2, 0) is 11.0 Å². The van der Waals surface area contributed by atoms with E-state index in [0.717, 1.165) is 5.56 Å². The van der Waals surface area contributed by atoms with E-state index in [1.54, 1.807) is 32.9 Å². The third kappa shape index (κ3) is 5.53. The van der Waals surface area contributed by atoms with E-state index in [2.05, 4.69) is 0 Å². The number of nitrogens with one attached hydrogen (secondary N) is 1. The van der Waals surface area contributed by atoms with Crippen molar-refractivity contribution in [3.63, 3.8) is 0 Å². The summed E-state index contributed by atoms with van der Waals surface area (Å²) >= 11 is 0. The lowest BCUT2D eigenvalue weighted by Crippen LogP contribution is -2.48. The second-order valence-corrected chi connectivity index (χ2v) is 8.08. The first-order valence-corrected chi connectivity index (χ1v) is 7.91. The highest BCUT2D eigenvalue weighted by atomic mass is 32.2. The molecule has 0 aliphatic heterocycles. The van der Waals surface area contributed by atoms with Gasteiger partial charge in [-0.15, -0.1) is 0 Å². The molecule has 0 spiro atoms. The number of rotatable bonds is 5. The number of ketones is 1. The van der Waals surface area contributed by atoms with E-state index in [0.29, 0.717) is 0 Å². The van der Waals surface area contributed by atoms with Crippen LogP contribution < -0.4 is 4.72 Å². The summed E-state index contributed by atoms with van der Waals surface area (Å²) in [6.07, 6.45) is -5.43. The molecular weight excluding hydrogens is 315 g/mol. The number of aryl methyl sites for hydroxylation is 1. The first-order valence-electron chi connectivity index (χ1n) is 6.76. The van der Waals surface area contributed by atoms with Gasteiger partial charge >= 0.3 is 6.18 Å². The molecular formula is C15H20F3NO2S. The van der Waals surface area contributed by atoms with Crippen molar-refractivity contribution in [2.45, 2.75) is 51.1 Å². The Bertz CT molecular complexity index is 547. The monoisotopic (exact) mass is 335 g/mol. The average Bonchev–Trinajstić information content (AvgIpc) is 2.36. The van der Waals surface area contributed by atoms with Crippen molar-refractivity contribution in [1.82, 2.24) is 4.72 Å². The molecule has 0 saturated heterocycles. The molecule has 1 aromatic carbocycles. The van der Waals surface area contributed by atoms with Crippen molar-refractivity contribution >= 4 is 16.8 Å². The molecule has 124 valence electrons. The lowest BCUT2D eigenvalue weighted by Gasteiger charge is -2.25. The maximum Gasteiger partial charge on any atom is 0.405 e. The summed E-state index contributed by atoms with van der Waals surface area (Å²) in [5.41, 5.74) is 1.12. The Balaban J connectivity index is 2.88. The molecule has 0 saturated carbocycles. The predicted molar refractivity (Wildman–Crippen MR) is 81.0 cm³/mol. The summed E-state index contributed by atoms with van der Waals surface area (Å²) in [7, 11) is -1.91. The van der Waals surface area contributed by atoms with E-state index in [-0.39, 0.29) is 5.56 Å². The molecule has 0 heterocycles. The highest BCUT2D eigenvalue weighted by Gasteiger charge is 2.43. The van der Waals surface area contributed by atoms with Crippen LogP contribution in [0.2, 0.25) is 0 Å². The summed E-state index contributed by atoms with van der Waals surface area (Å²) in [6.45, 7) is 6.50. The minimum absolute atomic E-state index is 0.211. The summed E-state index contributed by atoms with van der Waals surface area (Å²) in [5, 5.41) is 0. The van der Waals surface area contributed by atoms with Crippen LogP contribution in [0.5, 0.6) is 0 Å². The molecule has 22 heavy (non-hydrogen) atoms. The molecule has 2 atom stereocenters. The molecule has 0 aliphatic rings. The van der Waals surface area contributed by atoms with Gasteiger partial charge in [-0.1, -0.05) is 29.8 Å². The summed E-state index contributed by atoms with van der Waals surface area (Å²) in [6, 6.07) is 4.17. The standard InChI is InChI=1S/C15H20F3NO2S/c1-10-5-7-11(8-6-10)12(20)9-13(15(16,17)18)19-22(21)14(2,3)4/h5-8,13,19H,9H2,1-4H3/t13-,22?/m0/s1. The third-order valence-electron chi connectivity index (χ3n) is 2.96. The van der Waals surface area contributed by atoms with Crippen LogP contribution in [0.1, 0.15) is 43.1 Å². The number of benzene rings is 1. The number of alkyl halides is 3. The predicted octanol–water partition coefficient (Wildman–Crippen LogP) is 3.55. The molecule has 0 amide bonds. The van der Waals surface area contributed by atoms with Gasteiger partial charge in [0.25, 0.3) is 0 Å². The van der Waals surface area contributed by atoms with Gasteiger partial charge in [-0.2, -0.15) is 13.2 Å². The van der Waals surface area contributed by atoms with Gasteiger partial charge in [-0.3, -0.25) is 4.79 Å². The lowest BCUT2D eigenvalue weighted by molar-refractivity contribution is -0.150. The van der Waals surface area contributed by atoms with Gasteiger partial charge in [0.15, 0.2) is 5.78 Å². The van der Waals surface area contributed by atoms with Gasteiger partial charge in [0, 0.05) is 12.0 Å². The Morgan fingerprint density at radius 1 is 1.18 bits per heavy atom. The SMILES string of the molecule is Cc1ccc(C(=O)C[C@H](NS(=O)C(C)(C)C)C(F)(F)F)cc1. The maximum absolute atomic E-state index is 13.1. The van der Waals surface area contributed by atoms with Crippen LogP contribution in [0.25, 0.3) is 0 Å². The molecule has 1 rings (SSSR count). The first-order chi connectivity index (χ1) is 9.91. The normalized spacial score (nSPS) is 15.4. The van der Waals surface area contributed by atoms with Gasteiger partial charge < -0.3 is 0 Å². The molecule has 7 heteroatoms. The van der Waals surface area contributed by atoms with Crippen molar-refractivity contribution in [3.05, 3.63) is 35.4 Å². The zero-order valence-electron chi connectivity index (χ0n) is 13.0. The van der Waals surface area contributed by atoms with E-state index in [1.165, 1.54) is 12.1 Å². The highest BCUT2D eigenvalue weighted by Crippen LogP contribution is 2.25. The van der Waals surface area contributed by atoms with E-state index in [9.17, 15) is 22.2 Å². The quantitative estimate of drug-likeness (QED) is 0.837. The van der Waals surface area contributed by atoms with Gasteiger partial charge in [-0.25, -0.2) is 8.93 Å². The van der Waals surface area contributed by atoms with Crippen molar-refractivity contribution in [3.8, 4) is 0 Å². The largest absolute Gasteiger partial charge is 0.405 e. The summed E-state index contributed by atoms with van der Waals surface area (Å²) < 4.78 is 52.2. The molecule has 1 N–H and O–H groups in total. The van der Waals surface area contributed by atoms with E-state index < -0.39 is 40.2 Å². The zero-order valence-corrected chi connectivity index (χ0v) is 13.8. The van der Waals surface area contributed by atoms with Crippen molar-refractivity contribution in [1.29, 1.82) is 0 Å². The minimum Gasteiger partial charge on any atom is -0.294 e. The molecule has 0 radical (unpaired) electrons. The Morgan fingerprint density at radius 2 is 1.68 bits per heavy atom. The molecule has 0 bridgehead atoms. The molecule has 0 aromatic heterocycles. The van der Waals surface area contributed by atoms with Crippen LogP contribution in [0.4, 0.5) is 13.2 Å². The van der Waals surface area contributed by atoms with Gasteiger partial charge in [0.2, 0.25) is 0 Å². The lowest BCUT2D eigenvalue weighted by atomic mass is 10.0. The molecule has 3 nitrogen and oxygen atoms in total. The zero-order chi connectivity index (χ0) is 17.1. The van der Waals surface area contributed by atoms with Crippen LogP contribution in [0.3, 0.4) is 0 Å². The first kappa shape index (κ1) is 18.8. The van der Waals surface area contributed by atoms with Gasteiger partial charge in [0.1, 0.15) is 6.04 Å². The molecule has 0 fully saturated rings. The third-order valence-corrected chi connectivity index (χ3v) is 4.57. The second kappa shape index (κ2) is 6.91. The highest BCUT2D eigenvalue weighted by molar-refractivity contribution is 7.84. The number of carbonyl (C=O) groups is 1. The fraction of sp³-hybridized carbons (Fsp3) is 0.533. The van der Waals surface area contributed by atoms with E-state index in [4.69, 9.17) is 0 Å². The van der Waals surface area contributed by atoms with Crippen molar-refractivity contribution in [2.75, 3.05) is 0 Å². The average molecular weight is 335 g/mol. The molecule has 1 unspecified atom stereocenters. The topological polar surface area (TPSA) is 46.2 Å². The fourth-order valence-corrected chi connectivity index (χ4v) is 2.40. The number of hydrogen-bond donors (Lipinski definition) is 1. The van der Waals surface area contributed by atoms with Crippen molar-refractivity contribution < 1.29 is 22.2 Å². The van der Waals surface area contributed by atoms with E-state index in [1.807, 2.05) is 11.6 Å². The van der Waals surface area contributed by atoms with Gasteiger partial charge in [-0.05, 0) is 27.7 Å². The minimum atomic E-state index is -4.65. The Kier molecular flexibility index (Phi) is 5.92. The molecule has 1 aromatic rings. The van der Waals surface area contributed by atoms with E-state index >= 15 is 0 Å². The molecule has 0 aliphatic carbocycles. The van der Waals surface area contributed by atoms with Crippen LogP contribution in [0.15, 0.2) is 24.3 Å². The van der Waals surface area contributed by atoms with Crippen LogP contribution in [-0.4, -0.2) is 27.0 Å². The summed E-state index contributed by atoms with van der Waals surface area (Å²) in [4.78, 5) is 12.0. The second-order valence-electron chi connectivity index (χ2n) is 6.09. The fourth-order valence-electron chi connectivity index (χ4n) is 1.57. The number of carbonyl (C=O) groups excluding carboxylic acids is 1. The Morgan fingerprint density at radius 3 is 2.09 bits per heavy atom. The summed E-state index contributed by atoms with van der Waals surface area (Å²) in [5.74, 6) is -0.638. The van der Waals surface area contributed by atoms with Crippen molar-refractivity contribution in [2.24, 2.45) is 0 Å². The Hall–Kier alpha value is -1.21. The van der Waals surface area contributed by atoms with Crippen LogP contribution in [0, 0.1) is 6.92 Å². The number of halogens is 3. The number of hydrogen-bond acceptors (Lipinski definition) is 2. The van der Waals surface area contributed by atoms with Crippen LogP contribution >= 0.6 is 0 Å². The maximum atomic E-state index is 13.1. The smallest absolute Gasteiger partial charge is 0.294 e. The Labute approximate surface area is 130 Å².